The van der Waals surface area contributed by atoms with Crippen LogP contribution in [-0.4, -0.2) is 23.1 Å². The van der Waals surface area contributed by atoms with E-state index >= 15 is 0 Å². The van der Waals surface area contributed by atoms with Gasteiger partial charge >= 0.3 is 0 Å². The van der Waals surface area contributed by atoms with Crippen molar-refractivity contribution in [3.8, 4) is 0 Å². The number of carbonyl (C=O) groups is 4. The number of aryl methyl sites for hydroxylation is 2. The number of rotatable bonds is 37. The zero-order chi connectivity index (χ0) is 38.9. The van der Waals surface area contributed by atoms with E-state index in [-0.39, 0.29) is 25.7 Å². The molecule has 0 spiro atoms. The van der Waals surface area contributed by atoms with Crippen LogP contribution in [-0.2, 0) is 45.1 Å². The van der Waals surface area contributed by atoms with E-state index in [2.05, 4.69) is 23.0 Å². The van der Waals surface area contributed by atoms with Crippen molar-refractivity contribution in [1.29, 1.82) is 0 Å². The molecule has 0 unspecified atom stereocenters. The Bertz CT molecular complexity index is 1170. The number of pyridine rings is 2. The minimum atomic E-state index is -0.400. The maximum atomic E-state index is 12.5. The summed E-state index contributed by atoms with van der Waals surface area (Å²) in [5.41, 5.74) is 1.69. The molecule has 0 saturated carbocycles. The predicted octanol–water partition coefficient (Wildman–Crippen LogP) is 11.3. The van der Waals surface area contributed by atoms with Crippen molar-refractivity contribution in [1.82, 2.24) is 0 Å². The number of unbranched alkanes of at least 4 members (excludes halogenated alkanes) is 23. The monoisotopic (exact) mass is 747 g/mol. The highest BCUT2D eigenvalue weighted by Gasteiger charge is 2.18. The highest BCUT2D eigenvalue weighted by Crippen LogP contribution is 2.14. The van der Waals surface area contributed by atoms with E-state index in [1.807, 2.05) is 49.1 Å². The Labute approximate surface area is 330 Å². The van der Waals surface area contributed by atoms with Crippen LogP contribution in [0.5, 0.6) is 0 Å². The SMILES string of the molecule is CCCCCCCCCCCCCC[n+]1ccc(CC(=O)C(=O)CCCCC(=O)C(=O)Cc2cc[n+](CCCCCCCCCCCCCC)cc2)cc1. The van der Waals surface area contributed by atoms with Crippen LogP contribution in [0, 0.1) is 0 Å². The lowest BCUT2D eigenvalue weighted by molar-refractivity contribution is -0.697. The van der Waals surface area contributed by atoms with Crippen molar-refractivity contribution in [2.75, 3.05) is 0 Å². The van der Waals surface area contributed by atoms with Gasteiger partial charge in [-0.2, -0.15) is 0 Å². The molecule has 302 valence electrons. The largest absolute Gasteiger partial charge is 0.291 e. The molecule has 6 heteroatoms. The smallest absolute Gasteiger partial charge is 0.202 e. The number of aromatic nitrogens is 2. The second-order valence-corrected chi connectivity index (χ2v) is 15.9. The van der Waals surface area contributed by atoms with E-state index in [1.54, 1.807) is 0 Å². The maximum Gasteiger partial charge on any atom is 0.202 e. The summed E-state index contributed by atoms with van der Waals surface area (Å²) in [5, 5.41) is 0. The van der Waals surface area contributed by atoms with Gasteiger partial charge in [-0.05, 0) is 36.8 Å². The summed E-state index contributed by atoms with van der Waals surface area (Å²) in [4.78, 5) is 50.0. The zero-order valence-corrected chi connectivity index (χ0v) is 34.8. The molecule has 2 aromatic rings. The molecular weight excluding hydrogens is 669 g/mol. The second kappa shape index (κ2) is 32.2. The van der Waals surface area contributed by atoms with Gasteiger partial charge in [-0.3, -0.25) is 19.2 Å². The second-order valence-electron chi connectivity index (χ2n) is 15.9. The normalized spacial score (nSPS) is 11.2. The van der Waals surface area contributed by atoms with Gasteiger partial charge in [0.25, 0.3) is 0 Å². The van der Waals surface area contributed by atoms with Crippen molar-refractivity contribution in [3.63, 3.8) is 0 Å². The Kier molecular flexibility index (Phi) is 28.1. The first-order chi connectivity index (χ1) is 26.4. The average molecular weight is 747 g/mol. The molecule has 0 saturated heterocycles. The van der Waals surface area contributed by atoms with Gasteiger partial charge in [-0.15, -0.1) is 0 Å². The number of hydrogen-bond donors (Lipinski definition) is 0. The van der Waals surface area contributed by atoms with Crippen LogP contribution >= 0.6 is 0 Å². The van der Waals surface area contributed by atoms with Crippen molar-refractivity contribution < 1.29 is 28.3 Å². The van der Waals surface area contributed by atoms with Crippen molar-refractivity contribution >= 4 is 23.1 Å². The maximum absolute atomic E-state index is 12.5. The molecule has 2 aromatic heterocycles. The lowest BCUT2D eigenvalue weighted by Crippen LogP contribution is -2.32. The Morgan fingerprint density at radius 1 is 0.352 bits per heavy atom. The molecule has 2 rings (SSSR count). The summed E-state index contributed by atoms with van der Waals surface area (Å²) in [6.07, 6.45) is 41.4. The first-order valence-corrected chi connectivity index (χ1v) is 22.5. The topological polar surface area (TPSA) is 76.0 Å². The number of hydrogen-bond acceptors (Lipinski definition) is 4. The molecule has 2 heterocycles. The molecule has 6 nitrogen and oxygen atoms in total. The molecule has 0 aliphatic rings. The van der Waals surface area contributed by atoms with E-state index in [1.165, 1.54) is 141 Å². The molecule has 0 bridgehead atoms. The molecule has 0 aromatic carbocycles. The third kappa shape index (κ3) is 24.4. The van der Waals surface area contributed by atoms with Crippen LogP contribution in [0.25, 0.3) is 0 Å². The first kappa shape index (κ1) is 47.1. The molecule has 0 amide bonds. The molecule has 0 N–H and O–H groups in total. The lowest BCUT2D eigenvalue weighted by Gasteiger charge is -2.04. The third-order valence-electron chi connectivity index (χ3n) is 10.9. The Morgan fingerprint density at radius 2 is 0.611 bits per heavy atom. The molecule has 0 radical (unpaired) electrons. The number of nitrogens with zero attached hydrogens (tertiary/aromatic N) is 2. The van der Waals surface area contributed by atoms with Crippen LogP contribution in [0.1, 0.15) is 205 Å². The molecular formula is C48H78N2O4+2. The van der Waals surface area contributed by atoms with Gasteiger partial charge in [-0.25, -0.2) is 9.13 Å². The van der Waals surface area contributed by atoms with E-state index in [0.29, 0.717) is 12.8 Å². The van der Waals surface area contributed by atoms with Crippen LogP contribution in [0.15, 0.2) is 49.1 Å². The minimum Gasteiger partial charge on any atom is -0.291 e. The number of ketones is 4. The Morgan fingerprint density at radius 3 is 0.889 bits per heavy atom. The van der Waals surface area contributed by atoms with Crippen molar-refractivity contribution in [2.45, 2.75) is 220 Å². The van der Waals surface area contributed by atoms with Gasteiger partial charge in [0, 0.05) is 62.8 Å². The fourth-order valence-corrected chi connectivity index (χ4v) is 7.20. The van der Waals surface area contributed by atoms with Crippen molar-refractivity contribution in [2.24, 2.45) is 0 Å². The zero-order valence-electron chi connectivity index (χ0n) is 34.8. The molecule has 0 aliphatic carbocycles. The van der Waals surface area contributed by atoms with Crippen LogP contribution in [0.2, 0.25) is 0 Å². The standard InChI is InChI=1S/C48H78N2O4/c1-3-5-7-9-11-13-15-17-19-21-23-27-35-49-37-31-43(32-38-49)41-47(53)45(51)29-25-26-30-46(52)48(54)42-44-33-39-50(40-34-44)36-28-24-22-20-18-16-14-12-10-8-6-4-2/h31-34,37-40H,3-30,35-36,41-42H2,1-2H3/q+2. The van der Waals surface area contributed by atoms with Crippen LogP contribution < -0.4 is 9.13 Å². The van der Waals surface area contributed by atoms with Gasteiger partial charge in [0.1, 0.15) is 13.1 Å². The lowest BCUT2D eigenvalue weighted by atomic mass is 10.0. The molecule has 54 heavy (non-hydrogen) atoms. The molecule has 0 fully saturated rings. The van der Waals surface area contributed by atoms with E-state index < -0.39 is 23.1 Å². The van der Waals surface area contributed by atoms with E-state index in [4.69, 9.17) is 0 Å². The molecule has 0 aliphatic heterocycles. The fraction of sp³-hybridized carbons (Fsp3) is 0.708. The minimum absolute atomic E-state index is 0.103. The van der Waals surface area contributed by atoms with E-state index in [9.17, 15) is 19.2 Å². The summed E-state index contributed by atoms with van der Waals surface area (Å²) in [6, 6.07) is 7.73. The first-order valence-electron chi connectivity index (χ1n) is 22.5. The highest BCUT2D eigenvalue weighted by atomic mass is 16.2. The average Bonchev–Trinajstić information content (AvgIpc) is 3.18. The quantitative estimate of drug-likeness (QED) is 0.0392. The van der Waals surface area contributed by atoms with Gasteiger partial charge < -0.3 is 0 Å². The summed E-state index contributed by atoms with van der Waals surface area (Å²) in [6.45, 7) is 6.47. The Balaban J connectivity index is 1.49. The van der Waals surface area contributed by atoms with Gasteiger partial charge in [0.15, 0.2) is 36.4 Å². The number of Topliss-reactive ketones (excluding diaryl/α,β-unsaturated/α-hetero) is 4. The van der Waals surface area contributed by atoms with E-state index in [0.717, 1.165) is 37.1 Å². The van der Waals surface area contributed by atoms with Crippen LogP contribution in [0.4, 0.5) is 0 Å². The van der Waals surface area contributed by atoms with Gasteiger partial charge in [-0.1, -0.05) is 142 Å². The number of carbonyl (C=O) groups excluding carboxylic acids is 4. The van der Waals surface area contributed by atoms with Crippen LogP contribution in [0.3, 0.4) is 0 Å². The fourth-order valence-electron chi connectivity index (χ4n) is 7.20. The van der Waals surface area contributed by atoms with Gasteiger partial charge in [0.2, 0.25) is 11.6 Å². The molecule has 0 atom stereocenters. The predicted molar refractivity (Wildman–Crippen MR) is 221 cm³/mol. The van der Waals surface area contributed by atoms with Crippen molar-refractivity contribution in [3.05, 3.63) is 60.2 Å². The Hall–Kier alpha value is -3.02. The van der Waals surface area contributed by atoms with Gasteiger partial charge in [0.05, 0.1) is 0 Å². The summed E-state index contributed by atoms with van der Waals surface area (Å²) >= 11 is 0. The summed E-state index contributed by atoms with van der Waals surface area (Å²) in [7, 11) is 0. The highest BCUT2D eigenvalue weighted by molar-refractivity contribution is 6.38. The summed E-state index contributed by atoms with van der Waals surface area (Å²) in [5.74, 6) is -1.58. The summed E-state index contributed by atoms with van der Waals surface area (Å²) < 4.78 is 4.30. The third-order valence-corrected chi connectivity index (χ3v) is 10.9.